The highest BCUT2D eigenvalue weighted by Gasteiger charge is 2.35. The molecule has 0 spiro atoms. The van der Waals surface area contributed by atoms with E-state index in [4.69, 9.17) is 5.73 Å². The quantitative estimate of drug-likeness (QED) is 0.518. The zero-order chi connectivity index (χ0) is 10.3. The molecule has 7 nitrogen and oxygen atoms in total. The monoisotopic (exact) mass is 197 g/mol. The fourth-order valence-electron chi connectivity index (χ4n) is 1.27. The summed E-state index contributed by atoms with van der Waals surface area (Å²) >= 11 is 0. The number of nitrogens with zero attached hydrogens (tertiary/aromatic N) is 3. The van der Waals surface area contributed by atoms with Crippen LogP contribution in [0.1, 0.15) is 6.42 Å². The second-order valence-electron chi connectivity index (χ2n) is 3.44. The van der Waals surface area contributed by atoms with E-state index in [0.717, 1.165) is 6.42 Å². The van der Waals surface area contributed by atoms with E-state index in [0.29, 0.717) is 5.82 Å². The molecule has 0 amide bonds. The molecule has 2 atom stereocenters. The number of hydrogen-bond donors (Lipinski definition) is 2. The molecule has 1 aromatic rings. The number of nitrogens with one attached hydrogen (secondary N) is 1. The van der Waals surface area contributed by atoms with Crippen molar-refractivity contribution in [2.75, 3.05) is 5.32 Å². The largest absolute Gasteiger partial charge is 0.359 e. The normalized spacial score (nSPS) is 24.7. The van der Waals surface area contributed by atoms with Gasteiger partial charge in [0.15, 0.2) is 0 Å². The number of nitro groups is 1. The minimum absolute atomic E-state index is 0.00778. The van der Waals surface area contributed by atoms with Crippen LogP contribution < -0.4 is 11.1 Å². The van der Waals surface area contributed by atoms with Gasteiger partial charge in [0.1, 0.15) is 6.20 Å². The predicted molar refractivity (Wildman–Crippen MR) is 49.9 cm³/mol. The summed E-state index contributed by atoms with van der Waals surface area (Å²) in [5.41, 5.74) is 5.57. The van der Waals surface area contributed by atoms with Gasteiger partial charge in [-0.05, 0) is 6.42 Å². The molecule has 2 unspecified atom stereocenters. The third-order valence-corrected chi connectivity index (χ3v) is 2.17. The maximum Gasteiger partial charge on any atom is 0.330 e. The lowest BCUT2D eigenvalue weighted by Crippen LogP contribution is -2.14. The Morgan fingerprint density at radius 1 is 1.86 bits per heavy atom. The van der Waals surface area contributed by atoms with E-state index in [9.17, 15) is 10.1 Å². The molecule has 3 N–H and O–H groups in total. The summed E-state index contributed by atoms with van der Waals surface area (Å²) in [7, 11) is 1.64. The maximum atomic E-state index is 10.6. The molecule has 1 saturated carbocycles. The van der Waals surface area contributed by atoms with Crippen LogP contribution in [0.15, 0.2) is 6.20 Å². The first kappa shape index (κ1) is 8.95. The second-order valence-corrected chi connectivity index (χ2v) is 3.44. The Kier molecular flexibility index (Phi) is 1.88. The molecule has 14 heavy (non-hydrogen) atoms. The van der Waals surface area contributed by atoms with Gasteiger partial charge >= 0.3 is 5.69 Å². The van der Waals surface area contributed by atoms with Crippen molar-refractivity contribution >= 4 is 11.5 Å². The first-order chi connectivity index (χ1) is 6.58. The average molecular weight is 197 g/mol. The van der Waals surface area contributed by atoms with E-state index >= 15 is 0 Å². The van der Waals surface area contributed by atoms with Crippen LogP contribution in [0.4, 0.5) is 11.5 Å². The van der Waals surface area contributed by atoms with Crippen molar-refractivity contribution in [3.63, 3.8) is 0 Å². The molecule has 76 valence electrons. The van der Waals surface area contributed by atoms with Crippen LogP contribution in [0.3, 0.4) is 0 Å². The van der Waals surface area contributed by atoms with Gasteiger partial charge in [-0.15, -0.1) is 5.10 Å². The van der Waals surface area contributed by atoms with Gasteiger partial charge in [0, 0.05) is 19.1 Å². The highest BCUT2D eigenvalue weighted by atomic mass is 16.6. The Morgan fingerprint density at radius 3 is 3.00 bits per heavy atom. The van der Waals surface area contributed by atoms with E-state index < -0.39 is 4.92 Å². The highest BCUT2D eigenvalue weighted by molar-refractivity contribution is 5.56. The van der Waals surface area contributed by atoms with Crippen molar-refractivity contribution < 1.29 is 4.92 Å². The van der Waals surface area contributed by atoms with Crippen molar-refractivity contribution in [2.24, 2.45) is 12.8 Å². The Bertz CT molecular complexity index is 374. The summed E-state index contributed by atoms with van der Waals surface area (Å²) in [4.78, 5) is 10.1. The van der Waals surface area contributed by atoms with Gasteiger partial charge in [-0.1, -0.05) is 0 Å². The molecule has 0 aliphatic heterocycles. The van der Waals surface area contributed by atoms with E-state index in [1.165, 1.54) is 10.9 Å². The van der Waals surface area contributed by atoms with E-state index in [1.54, 1.807) is 7.05 Å². The molecule has 0 saturated heterocycles. The maximum absolute atomic E-state index is 10.6. The molecule has 7 heteroatoms. The zero-order valence-electron chi connectivity index (χ0n) is 7.67. The lowest BCUT2D eigenvalue weighted by atomic mass is 10.5. The van der Waals surface area contributed by atoms with E-state index in [2.05, 4.69) is 10.4 Å². The fourth-order valence-corrected chi connectivity index (χ4v) is 1.27. The van der Waals surface area contributed by atoms with Gasteiger partial charge < -0.3 is 11.1 Å². The molecule has 1 aromatic heterocycles. The third-order valence-electron chi connectivity index (χ3n) is 2.17. The number of hydrogen-bond acceptors (Lipinski definition) is 5. The molecule has 0 aromatic carbocycles. The molecule has 1 heterocycles. The van der Waals surface area contributed by atoms with Crippen molar-refractivity contribution in [2.45, 2.75) is 18.5 Å². The highest BCUT2D eigenvalue weighted by Crippen LogP contribution is 2.28. The Balaban J connectivity index is 2.18. The number of nitrogens with two attached hydrogens (primary N) is 1. The summed E-state index contributed by atoms with van der Waals surface area (Å²) in [6, 6.07) is 0.222. The molecule has 0 radical (unpaired) electrons. The van der Waals surface area contributed by atoms with Crippen molar-refractivity contribution in [3.05, 3.63) is 16.3 Å². The summed E-state index contributed by atoms with van der Waals surface area (Å²) in [6.45, 7) is 0. The summed E-state index contributed by atoms with van der Waals surface area (Å²) in [6.07, 6.45) is 2.21. The fraction of sp³-hybridized carbons (Fsp3) is 0.571. The van der Waals surface area contributed by atoms with E-state index in [-0.39, 0.29) is 17.8 Å². The van der Waals surface area contributed by atoms with Crippen LogP contribution in [0, 0.1) is 10.1 Å². The van der Waals surface area contributed by atoms with Crippen LogP contribution in [-0.2, 0) is 7.05 Å². The van der Waals surface area contributed by atoms with Gasteiger partial charge in [-0.2, -0.15) is 0 Å². The molecule has 1 fully saturated rings. The topological polar surface area (TPSA) is 99.0 Å². The summed E-state index contributed by atoms with van der Waals surface area (Å²) in [5.74, 6) is 0.301. The lowest BCUT2D eigenvalue weighted by Gasteiger charge is -1.98. The van der Waals surface area contributed by atoms with Gasteiger partial charge in [0.25, 0.3) is 0 Å². The van der Waals surface area contributed by atoms with Crippen LogP contribution in [0.25, 0.3) is 0 Å². The van der Waals surface area contributed by atoms with Crippen molar-refractivity contribution in [1.29, 1.82) is 0 Å². The molecular weight excluding hydrogens is 186 g/mol. The van der Waals surface area contributed by atoms with Gasteiger partial charge in [0.2, 0.25) is 5.82 Å². The third kappa shape index (κ3) is 1.53. The zero-order valence-corrected chi connectivity index (χ0v) is 7.67. The van der Waals surface area contributed by atoms with Gasteiger partial charge in [-0.3, -0.25) is 14.8 Å². The SMILES string of the molecule is Cn1cc([N+](=O)[O-])c(NC2CC2N)n1. The van der Waals surface area contributed by atoms with Crippen molar-refractivity contribution in [3.8, 4) is 0 Å². The molecule has 1 aliphatic rings. The lowest BCUT2D eigenvalue weighted by molar-refractivity contribution is -0.384. The molecule has 0 bridgehead atoms. The number of aromatic nitrogens is 2. The average Bonchev–Trinajstić information content (AvgIpc) is 2.60. The minimum Gasteiger partial charge on any atom is -0.359 e. The Hall–Kier alpha value is -1.63. The Morgan fingerprint density at radius 2 is 2.50 bits per heavy atom. The smallest absolute Gasteiger partial charge is 0.330 e. The van der Waals surface area contributed by atoms with Gasteiger partial charge in [0.05, 0.1) is 4.92 Å². The second kappa shape index (κ2) is 2.95. The van der Waals surface area contributed by atoms with Gasteiger partial charge in [-0.25, -0.2) is 0 Å². The van der Waals surface area contributed by atoms with Crippen LogP contribution in [0.2, 0.25) is 0 Å². The molecule has 1 aliphatic carbocycles. The summed E-state index contributed by atoms with van der Waals surface area (Å²) in [5, 5.41) is 17.5. The first-order valence-electron chi connectivity index (χ1n) is 4.28. The Labute approximate surface area is 80.0 Å². The number of anilines is 1. The van der Waals surface area contributed by atoms with Crippen molar-refractivity contribution in [1.82, 2.24) is 9.78 Å². The number of rotatable bonds is 3. The first-order valence-corrected chi connectivity index (χ1v) is 4.28. The summed E-state index contributed by atoms with van der Waals surface area (Å²) < 4.78 is 1.41. The predicted octanol–water partition coefficient (Wildman–Crippen LogP) is -0.160. The van der Waals surface area contributed by atoms with Crippen LogP contribution in [-0.4, -0.2) is 26.8 Å². The van der Waals surface area contributed by atoms with E-state index in [1.807, 2.05) is 0 Å². The minimum atomic E-state index is -0.455. The number of aryl methyl sites for hydroxylation is 1. The molecule has 2 rings (SSSR count). The van der Waals surface area contributed by atoms with Crippen LogP contribution >= 0.6 is 0 Å². The molecular formula is C7H11N5O2. The van der Waals surface area contributed by atoms with Crippen LogP contribution in [0.5, 0.6) is 0 Å². The standard InChI is InChI=1S/C7H11N5O2/c1-11-3-6(12(13)14)7(10-11)9-5-2-4(5)8/h3-5H,2,8H2,1H3,(H,9,10).